The van der Waals surface area contributed by atoms with E-state index in [1.54, 1.807) is 31.2 Å². The summed E-state index contributed by atoms with van der Waals surface area (Å²) in [6, 6.07) is 5.98. The molecular weight excluding hydrogens is 318 g/mol. The van der Waals surface area contributed by atoms with Crippen molar-refractivity contribution in [2.24, 2.45) is 0 Å². The van der Waals surface area contributed by atoms with Crippen LogP contribution in [0.3, 0.4) is 0 Å². The van der Waals surface area contributed by atoms with Gasteiger partial charge in [-0.1, -0.05) is 23.7 Å². The smallest absolute Gasteiger partial charge is 0.326 e. The third kappa shape index (κ3) is 7.01. The number of halogens is 1. The number of nitrogens with one attached hydrogen (secondary N) is 1. The Hall–Kier alpha value is -1.59. The number of rotatable bonds is 7. The van der Waals surface area contributed by atoms with Crippen LogP contribution in [0.5, 0.6) is 0 Å². The lowest BCUT2D eigenvalue weighted by atomic mass is 10.00. The van der Waals surface area contributed by atoms with Gasteiger partial charge in [0.2, 0.25) is 5.91 Å². The van der Waals surface area contributed by atoms with Gasteiger partial charge in [0, 0.05) is 18.1 Å². The van der Waals surface area contributed by atoms with Crippen LogP contribution in [-0.4, -0.2) is 35.2 Å². The van der Waals surface area contributed by atoms with E-state index in [2.05, 4.69) is 5.32 Å². The standard InChI is InChI=1S/C17H24ClNO4/c1-11(12-6-5-7-13(18)10-12)15(20)19-14(16(21)22)8-9-23-17(2,3)4/h5-7,10-11,14H,8-9H2,1-4H3,(H,19,20)(H,21,22). The van der Waals surface area contributed by atoms with Crippen LogP contribution in [0.4, 0.5) is 0 Å². The summed E-state index contributed by atoms with van der Waals surface area (Å²) in [5.74, 6) is -1.91. The van der Waals surface area contributed by atoms with Crippen molar-refractivity contribution in [3.63, 3.8) is 0 Å². The molecule has 1 aromatic rings. The summed E-state index contributed by atoms with van der Waals surface area (Å²) in [5, 5.41) is 12.4. The Bertz CT molecular complexity index is 554. The van der Waals surface area contributed by atoms with Crippen LogP contribution in [0.25, 0.3) is 0 Å². The predicted molar refractivity (Wildman–Crippen MR) is 89.8 cm³/mol. The van der Waals surface area contributed by atoms with E-state index in [0.717, 1.165) is 5.56 Å². The first kappa shape index (κ1) is 19.5. The molecule has 1 aromatic carbocycles. The van der Waals surface area contributed by atoms with E-state index in [1.165, 1.54) is 0 Å². The molecule has 0 aliphatic rings. The Morgan fingerprint density at radius 3 is 2.52 bits per heavy atom. The van der Waals surface area contributed by atoms with Gasteiger partial charge in [-0.15, -0.1) is 0 Å². The number of ether oxygens (including phenoxy) is 1. The molecule has 0 saturated heterocycles. The van der Waals surface area contributed by atoms with Crippen molar-refractivity contribution in [1.82, 2.24) is 5.32 Å². The molecule has 0 bridgehead atoms. The van der Waals surface area contributed by atoms with Crippen LogP contribution in [0.2, 0.25) is 5.02 Å². The molecule has 0 aliphatic carbocycles. The van der Waals surface area contributed by atoms with Crippen molar-refractivity contribution in [2.45, 2.75) is 51.7 Å². The fourth-order valence-corrected chi connectivity index (χ4v) is 2.16. The zero-order valence-electron chi connectivity index (χ0n) is 13.9. The van der Waals surface area contributed by atoms with Gasteiger partial charge in [-0.05, 0) is 45.4 Å². The van der Waals surface area contributed by atoms with Gasteiger partial charge in [0.25, 0.3) is 0 Å². The topological polar surface area (TPSA) is 75.6 Å². The number of hydrogen-bond donors (Lipinski definition) is 2. The maximum Gasteiger partial charge on any atom is 0.326 e. The summed E-state index contributed by atoms with van der Waals surface area (Å²) in [5.41, 5.74) is 0.395. The van der Waals surface area contributed by atoms with Crippen LogP contribution in [0, 0.1) is 0 Å². The van der Waals surface area contributed by atoms with E-state index in [1.807, 2.05) is 20.8 Å². The highest BCUT2D eigenvalue weighted by Crippen LogP contribution is 2.19. The van der Waals surface area contributed by atoms with Crippen LogP contribution < -0.4 is 5.32 Å². The molecule has 128 valence electrons. The van der Waals surface area contributed by atoms with Crippen molar-refractivity contribution < 1.29 is 19.4 Å². The van der Waals surface area contributed by atoms with E-state index < -0.39 is 17.9 Å². The Morgan fingerprint density at radius 2 is 2.00 bits per heavy atom. The van der Waals surface area contributed by atoms with Gasteiger partial charge < -0.3 is 15.2 Å². The van der Waals surface area contributed by atoms with Crippen molar-refractivity contribution in [3.8, 4) is 0 Å². The van der Waals surface area contributed by atoms with Gasteiger partial charge in [0.05, 0.1) is 11.5 Å². The van der Waals surface area contributed by atoms with Crippen molar-refractivity contribution in [1.29, 1.82) is 0 Å². The summed E-state index contributed by atoms with van der Waals surface area (Å²) in [6.07, 6.45) is 0.209. The first-order valence-corrected chi connectivity index (χ1v) is 7.90. The lowest BCUT2D eigenvalue weighted by molar-refractivity contribution is -0.143. The number of aliphatic carboxylic acids is 1. The number of carbonyl (C=O) groups excluding carboxylic acids is 1. The van der Waals surface area contributed by atoms with Gasteiger partial charge >= 0.3 is 5.97 Å². The van der Waals surface area contributed by atoms with Crippen molar-refractivity contribution >= 4 is 23.5 Å². The largest absolute Gasteiger partial charge is 0.480 e. The minimum atomic E-state index is -1.07. The molecule has 0 radical (unpaired) electrons. The number of hydrogen-bond acceptors (Lipinski definition) is 3. The Balaban J connectivity index is 2.65. The zero-order valence-corrected chi connectivity index (χ0v) is 14.7. The zero-order chi connectivity index (χ0) is 17.6. The highest BCUT2D eigenvalue weighted by molar-refractivity contribution is 6.30. The van der Waals surface area contributed by atoms with E-state index in [-0.39, 0.29) is 24.5 Å². The van der Waals surface area contributed by atoms with E-state index in [4.69, 9.17) is 16.3 Å². The molecule has 2 unspecified atom stereocenters. The van der Waals surface area contributed by atoms with Crippen LogP contribution in [-0.2, 0) is 14.3 Å². The van der Waals surface area contributed by atoms with Gasteiger partial charge in [0.1, 0.15) is 6.04 Å². The van der Waals surface area contributed by atoms with Gasteiger partial charge in [-0.25, -0.2) is 4.79 Å². The fraction of sp³-hybridized carbons (Fsp3) is 0.529. The molecule has 0 aromatic heterocycles. The Labute approximate surface area is 142 Å². The maximum absolute atomic E-state index is 12.3. The average molecular weight is 342 g/mol. The van der Waals surface area contributed by atoms with Gasteiger partial charge in [0.15, 0.2) is 0 Å². The second-order valence-electron chi connectivity index (χ2n) is 6.43. The third-order valence-corrected chi connectivity index (χ3v) is 3.53. The van der Waals surface area contributed by atoms with Crippen LogP contribution in [0.15, 0.2) is 24.3 Å². The molecule has 0 heterocycles. The highest BCUT2D eigenvalue weighted by atomic mass is 35.5. The van der Waals surface area contributed by atoms with Gasteiger partial charge in [-0.2, -0.15) is 0 Å². The number of carboxylic acid groups (broad SMARTS) is 1. The summed E-state index contributed by atoms with van der Waals surface area (Å²) < 4.78 is 5.52. The second-order valence-corrected chi connectivity index (χ2v) is 6.86. The maximum atomic E-state index is 12.3. The Kier molecular flexibility index (Phi) is 7.03. The minimum absolute atomic E-state index is 0.209. The molecule has 6 heteroatoms. The number of carbonyl (C=O) groups is 2. The molecule has 0 aliphatic heterocycles. The molecule has 0 spiro atoms. The minimum Gasteiger partial charge on any atom is -0.480 e. The average Bonchev–Trinajstić information content (AvgIpc) is 2.43. The van der Waals surface area contributed by atoms with Crippen LogP contribution >= 0.6 is 11.6 Å². The molecule has 23 heavy (non-hydrogen) atoms. The molecule has 2 N–H and O–H groups in total. The fourth-order valence-electron chi connectivity index (χ4n) is 1.96. The lowest BCUT2D eigenvalue weighted by Crippen LogP contribution is -2.43. The molecular formula is C17H24ClNO4. The lowest BCUT2D eigenvalue weighted by Gasteiger charge is -2.22. The first-order chi connectivity index (χ1) is 10.6. The summed E-state index contributed by atoms with van der Waals surface area (Å²) >= 11 is 5.92. The molecule has 0 saturated carbocycles. The van der Waals surface area contributed by atoms with Crippen molar-refractivity contribution in [2.75, 3.05) is 6.61 Å². The predicted octanol–water partition coefficient (Wildman–Crippen LogP) is 3.22. The highest BCUT2D eigenvalue weighted by Gasteiger charge is 2.24. The van der Waals surface area contributed by atoms with Crippen LogP contribution in [0.1, 0.15) is 45.6 Å². The normalized spacial score (nSPS) is 14.1. The molecule has 1 rings (SSSR count). The summed E-state index contributed by atoms with van der Waals surface area (Å²) in [4.78, 5) is 23.6. The summed E-state index contributed by atoms with van der Waals surface area (Å²) in [7, 11) is 0. The van der Waals surface area contributed by atoms with E-state index >= 15 is 0 Å². The molecule has 1 amide bonds. The molecule has 5 nitrogen and oxygen atoms in total. The quantitative estimate of drug-likeness (QED) is 0.798. The third-order valence-electron chi connectivity index (χ3n) is 3.30. The Morgan fingerprint density at radius 1 is 1.35 bits per heavy atom. The first-order valence-electron chi connectivity index (χ1n) is 7.53. The monoisotopic (exact) mass is 341 g/mol. The SMILES string of the molecule is CC(C(=O)NC(CCOC(C)(C)C)C(=O)O)c1cccc(Cl)c1. The number of benzene rings is 1. The van der Waals surface area contributed by atoms with Gasteiger partial charge in [-0.3, -0.25) is 4.79 Å². The number of carboxylic acids is 1. The molecule has 2 atom stereocenters. The second kappa shape index (κ2) is 8.31. The molecule has 0 fully saturated rings. The number of amides is 1. The summed E-state index contributed by atoms with van der Waals surface area (Å²) in [6.45, 7) is 7.64. The van der Waals surface area contributed by atoms with E-state index in [9.17, 15) is 14.7 Å². The van der Waals surface area contributed by atoms with E-state index in [0.29, 0.717) is 5.02 Å². The van der Waals surface area contributed by atoms with Crippen molar-refractivity contribution in [3.05, 3.63) is 34.9 Å².